The van der Waals surface area contributed by atoms with E-state index in [4.69, 9.17) is 5.73 Å². The van der Waals surface area contributed by atoms with Crippen LogP contribution in [0.25, 0.3) is 0 Å². The van der Waals surface area contributed by atoms with Crippen LogP contribution < -0.4 is 5.73 Å². The maximum atomic E-state index is 13.3. The molecule has 108 valence electrons. The van der Waals surface area contributed by atoms with Crippen molar-refractivity contribution in [2.24, 2.45) is 5.73 Å². The van der Waals surface area contributed by atoms with E-state index in [0.29, 0.717) is 0 Å². The van der Waals surface area contributed by atoms with Crippen molar-refractivity contribution >= 4 is 11.8 Å². The van der Waals surface area contributed by atoms with E-state index in [2.05, 4.69) is 43.9 Å². The molecule has 0 aliphatic heterocycles. The van der Waals surface area contributed by atoms with Gasteiger partial charge in [0.25, 0.3) is 0 Å². The van der Waals surface area contributed by atoms with E-state index in [9.17, 15) is 4.39 Å². The van der Waals surface area contributed by atoms with E-state index < -0.39 is 0 Å². The highest BCUT2D eigenvalue weighted by atomic mass is 32.2. The molecule has 0 aromatic heterocycles. The minimum absolute atomic E-state index is 0.267. The highest BCUT2D eigenvalue weighted by molar-refractivity contribution is 7.98. The lowest BCUT2D eigenvalue weighted by Crippen LogP contribution is -1.95. The molecule has 0 bridgehead atoms. The highest BCUT2D eigenvalue weighted by Crippen LogP contribution is 2.26. The highest BCUT2D eigenvalue weighted by Gasteiger charge is 2.04. The number of halogens is 1. The van der Waals surface area contributed by atoms with Crippen LogP contribution in [0.4, 0.5) is 4.39 Å². The van der Waals surface area contributed by atoms with Crippen LogP contribution in [-0.4, -0.2) is 6.54 Å². The summed E-state index contributed by atoms with van der Waals surface area (Å²) in [5.74, 6) is 6.22. The fourth-order valence-electron chi connectivity index (χ4n) is 1.90. The molecule has 0 fully saturated rings. The molecule has 0 spiro atoms. The van der Waals surface area contributed by atoms with Crippen LogP contribution >= 0.6 is 11.8 Å². The van der Waals surface area contributed by atoms with Crippen LogP contribution in [-0.2, 0) is 5.75 Å². The van der Waals surface area contributed by atoms with Gasteiger partial charge in [0.15, 0.2) is 0 Å². The minimum atomic E-state index is -0.267. The average Bonchev–Trinajstić information content (AvgIpc) is 2.47. The van der Waals surface area contributed by atoms with Gasteiger partial charge in [-0.2, -0.15) is 0 Å². The van der Waals surface area contributed by atoms with Crippen LogP contribution in [0.2, 0.25) is 0 Å². The lowest BCUT2D eigenvalue weighted by Gasteiger charge is -2.07. The summed E-state index contributed by atoms with van der Waals surface area (Å²) in [6.07, 6.45) is 0. The molecule has 0 saturated heterocycles. The van der Waals surface area contributed by atoms with Gasteiger partial charge in [0.05, 0.1) is 6.54 Å². The van der Waals surface area contributed by atoms with Gasteiger partial charge >= 0.3 is 0 Å². The summed E-state index contributed by atoms with van der Waals surface area (Å²) in [4.78, 5) is 1.21. The first-order valence-electron chi connectivity index (χ1n) is 6.77. The van der Waals surface area contributed by atoms with Gasteiger partial charge in [-0.3, -0.25) is 0 Å². The number of aryl methyl sites for hydroxylation is 2. The van der Waals surface area contributed by atoms with Crippen LogP contribution in [0.15, 0.2) is 41.3 Å². The average molecular weight is 299 g/mol. The standard InChI is InChI=1S/C18H18FNS/c1-13-5-8-18(10-14(13)2)21-12-16-6-7-17(19)11-15(16)4-3-9-20/h5-8,10-11H,9,12,20H2,1-2H3. The fourth-order valence-corrected chi connectivity index (χ4v) is 2.90. The van der Waals surface area contributed by atoms with Crippen molar-refractivity contribution < 1.29 is 4.39 Å². The topological polar surface area (TPSA) is 26.0 Å². The second kappa shape index (κ2) is 7.31. The van der Waals surface area contributed by atoms with Gasteiger partial charge in [-0.25, -0.2) is 4.39 Å². The Kier molecular flexibility index (Phi) is 5.44. The van der Waals surface area contributed by atoms with E-state index in [1.165, 1.54) is 28.2 Å². The van der Waals surface area contributed by atoms with Gasteiger partial charge in [-0.15, -0.1) is 11.8 Å². The van der Waals surface area contributed by atoms with Gasteiger partial charge in [0.2, 0.25) is 0 Å². The van der Waals surface area contributed by atoms with Crippen LogP contribution in [0.3, 0.4) is 0 Å². The number of nitrogens with two attached hydrogens (primary N) is 1. The zero-order chi connectivity index (χ0) is 15.2. The zero-order valence-corrected chi connectivity index (χ0v) is 13.1. The van der Waals surface area contributed by atoms with E-state index in [-0.39, 0.29) is 12.4 Å². The van der Waals surface area contributed by atoms with Crippen molar-refractivity contribution in [3.05, 3.63) is 64.5 Å². The Morgan fingerprint density at radius 2 is 1.90 bits per heavy atom. The van der Waals surface area contributed by atoms with Gasteiger partial charge in [-0.05, 0) is 54.8 Å². The molecule has 0 atom stereocenters. The van der Waals surface area contributed by atoms with Crippen molar-refractivity contribution in [1.82, 2.24) is 0 Å². The van der Waals surface area contributed by atoms with Crippen molar-refractivity contribution in [2.75, 3.05) is 6.54 Å². The number of rotatable bonds is 3. The molecule has 2 rings (SSSR count). The molecular formula is C18H18FNS. The Bertz CT molecular complexity index is 698. The van der Waals surface area contributed by atoms with E-state index in [1.54, 1.807) is 17.8 Å². The van der Waals surface area contributed by atoms with E-state index in [0.717, 1.165) is 16.9 Å². The quantitative estimate of drug-likeness (QED) is 0.683. The third-order valence-corrected chi connectivity index (χ3v) is 4.31. The fraction of sp³-hybridized carbons (Fsp3) is 0.222. The Balaban J connectivity index is 2.17. The molecular weight excluding hydrogens is 281 g/mol. The number of benzene rings is 2. The Hall–Kier alpha value is -1.76. The van der Waals surface area contributed by atoms with Crippen molar-refractivity contribution in [3.8, 4) is 11.8 Å². The summed E-state index contributed by atoms with van der Waals surface area (Å²) in [6.45, 7) is 4.49. The Morgan fingerprint density at radius 3 is 2.62 bits per heavy atom. The largest absolute Gasteiger partial charge is 0.320 e. The number of hydrogen-bond acceptors (Lipinski definition) is 2. The Labute approximate surface area is 129 Å². The molecule has 0 aliphatic carbocycles. The molecule has 0 aliphatic rings. The van der Waals surface area contributed by atoms with Gasteiger partial charge < -0.3 is 5.73 Å². The smallest absolute Gasteiger partial charge is 0.124 e. The first-order valence-corrected chi connectivity index (χ1v) is 7.76. The molecule has 1 nitrogen and oxygen atoms in total. The molecule has 2 N–H and O–H groups in total. The monoisotopic (exact) mass is 299 g/mol. The first-order chi connectivity index (χ1) is 10.1. The first kappa shape index (κ1) is 15.6. The molecule has 0 radical (unpaired) electrons. The maximum Gasteiger partial charge on any atom is 0.124 e. The third-order valence-electron chi connectivity index (χ3n) is 3.27. The normalized spacial score (nSPS) is 10.1. The third kappa shape index (κ3) is 4.35. The molecule has 0 amide bonds. The number of hydrogen-bond donors (Lipinski definition) is 1. The summed E-state index contributed by atoms with van der Waals surface area (Å²) in [5.41, 5.74) is 9.70. The molecule has 2 aromatic rings. The second-order valence-corrected chi connectivity index (χ2v) is 5.89. The van der Waals surface area contributed by atoms with E-state index >= 15 is 0 Å². The van der Waals surface area contributed by atoms with Gasteiger partial charge in [-0.1, -0.05) is 24.0 Å². The summed E-state index contributed by atoms with van der Waals surface area (Å²) in [6, 6.07) is 11.2. The predicted molar refractivity (Wildman–Crippen MR) is 87.8 cm³/mol. The van der Waals surface area contributed by atoms with Crippen LogP contribution in [0.1, 0.15) is 22.3 Å². The van der Waals surface area contributed by atoms with Crippen LogP contribution in [0, 0.1) is 31.5 Å². The summed E-state index contributed by atoms with van der Waals surface area (Å²) >= 11 is 1.73. The van der Waals surface area contributed by atoms with Crippen molar-refractivity contribution in [1.29, 1.82) is 0 Å². The lowest BCUT2D eigenvalue weighted by atomic mass is 10.1. The SMILES string of the molecule is Cc1ccc(SCc2ccc(F)cc2C#CCN)cc1C. The number of thioether (sulfide) groups is 1. The van der Waals surface area contributed by atoms with Gasteiger partial charge in [0, 0.05) is 16.2 Å². The molecule has 0 heterocycles. The molecule has 21 heavy (non-hydrogen) atoms. The van der Waals surface area contributed by atoms with Crippen LogP contribution in [0.5, 0.6) is 0 Å². The summed E-state index contributed by atoms with van der Waals surface area (Å²) < 4.78 is 13.3. The molecule has 3 heteroatoms. The summed E-state index contributed by atoms with van der Waals surface area (Å²) in [7, 11) is 0. The maximum absolute atomic E-state index is 13.3. The molecule has 0 unspecified atom stereocenters. The van der Waals surface area contributed by atoms with Crippen molar-refractivity contribution in [2.45, 2.75) is 24.5 Å². The van der Waals surface area contributed by atoms with E-state index in [1.807, 2.05) is 0 Å². The van der Waals surface area contributed by atoms with Gasteiger partial charge in [0.1, 0.15) is 5.82 Å². The molecule has 0 saturated carbocycles. The summed E-state index contributed by atoms with van der Waals surface area (Å²) in [5, 5.41) is 0. The zero-order valence-electron chi connectivity index (χ0n) is 12.2. The lowest BCUT2D eigenvalue weighted by molar-refractivity contribution is 0.627. The minimum Gasteiger partial charge on any atom is -0.320 e. The second-order valence-electron chi connectivity index (χ2n) is 4.84. The Morgan fingerprint density at radius 1 is 1.10 bits per heavy atom. The molecule has 2 aromatic carbocycles. The van der Waals surface area contributed by atoms with Crippen molar-refractivity contribution in [3.63, 3.8) is 0 Å². The predicted octanol–water partition coefficient (Wildman–Crippen LogP) is 4.05.